The molecule has 1 aliphatic heterocycles. The predicted molar refractivity (Wildman–Crippen MR) is 62.9 cm³/mol. The van der Waals surface area contributed by atoms with Crippen molar-refractivity contribution in [2.45, 2.75) is 19.3 Å². The third-order valence-electron chi connectivity index (χ3n) is 2.92. The molecule has 2 rings (SSSR count). The number of carbonyl (C=O) groups excluding carboxylic acids is 2. The SMILES string of the molecule is O=Cc1cccc(N2CCCC(=O)CC2)c1. The van der Waals surface area contributed by atoms with Crippen molar-refractivity contribution in [1.82, 2.24) is 0 Å². The van der Waals surface area contributed by atoms with Gasteiger partial charge in [0, 0.05) is 37.2 Å². The van der Waals surface area contributed by atoms with Crippen LogP contribution in [0.2, 0.25) is 0 Å². The van der Waals surface area contributed by atoms with Crippen LogP contribution >= 0.6 is 0 Å². The van der Waals surface area contributed by atoms with Crippen molar-refractivity contribution in [3.63, 3.8) is 0 Å². The van der Waals surface area contributed by atoms with Crippen LogP contribution in [0.1, 0.15) is 29.6 Å². The molecule has 0 N–H and O–H groups in total. The van der Waals surface area contributed by atoms with Crippen LogP contribution in [0.5, 0.6) is 0 Å². The highest BCUT2D eigenvalue weighted by atomic mass is 16.1. The molecule has 1 aromatic rings. The average molecular weight is 217 g/mol. The molecule has 0 saturated carbocycles. The van der Waals surface area contributed by atoms with E-state index in [-0.39, 0.29) is 0 Å². The van der Waals surface area contributed by atoms with E-state index in [1.165, 1.54) is 0 Å². The van der Waals surface area contributed by atoms with E-state index in [0.717, 1.165) is 31.5 Å². The molecule has 1 aromatic carbocycles. The molecule has 0 unspecified atom stereocenters. The maximum absolute atomic E-state index is 11.3. The molecule has 3 nitrogen and oxygen atoms in total. The first-order valence-corrected chi connectivity index (χ1v) is 5.61. The summed E-state index contributed by atoms with van der Waals surface area (Å²) in [5.74, 6) is 0.342. The standard InChI is InChI=1S/C13H15NO2/c15-10-11-3-1-4-12(9-11)14-7-2-5-13(16)6-8-14/h1,3-4,9-10H,2,5-8H2. The van der Waals surface area contributed by atoms with E-state index in [0.29, 0.717) is 24.2 Å². The normalized spacial score (nSPS) is 17.0. The lowest BCUT2D eigenvalue weighted by Gasteiger charge is -2.22. The number of nitrogens with zero attached hydrogens (tertiary/aromatic N) is 1. The lowest BCUT2D eigenvalue weighted by molar-refractivity contribution is -0.118. The van der Waals surface area contributed by atoms with Gasteiger partial charge in [0.1, 0.15) is 12.1 Å². The first-order chi connectivity index (χ1) is 7.79. The van der Waals surface area contributed by atoms with Crippen molar-refractivity contribution in [1.29, 1.82) is 0 Å². The topological polar surface area (TPSA) is 37.4 Å². The van der Waals surface area contributed by atoms with Crippen molar-refractivity contribution < 1.29 is 9.59 Å². The van der Waals surface area contributed by atoms with Crippen molar-refractivity contribution >= 4 is 17.8 Å². The Balaban J connectivity index is 2.15. The Hall–Kier alpha value is -1.64. The maximum Gasteiger partial charge on any atom is 0.150 e. The number of aldehydes is 1. The second kappa shape index (κ2) is 4.92. The fraction of sp³-hybridized carbons (Fsp3) is 0.385. The summed E-state index contributed by atoms with van der Waals surface area (Å²) in [5, 5.41) is 0. The zero-order valence-electron chi connectivity index (χ0n) is 9.19. The molecule has 1 aliphatic rings. The smallest absolute Gasteiger partial charge is 0.150 e. The van der Waals surface area contributed by atoms with Crippen molar-refractivity contribution in [2.75, 3.05) is 18.0 Å². The van der Waals surface area contributed by atoms with Crippen molar-refractivity contribution in [3.8, 4) is 0 Å². The number of rotatable bonds is 2. The van der Waals surface area contributed by atoms with Gasteiger partial charge in [0.15, 0.2) is 0 Å². The number of hydrogen-bond donors (Lipinski definition) is 0. The fourth-order valence-corrected chi connectivity index (χ4v) is 2.02. The van der Waals surface area contributed by atoms with E-state index in [1.54, 1.807) is 6.07 Å². The molecule has 0 aromatic heterocycles. The summed E-state index contributed by atoms with van der Waals surface area (Å²) in [5.41, 5.74) is 1.73. The highest BCUT2D eigenvalue weighted by molar-refractivity contribution is 5.80. The molecule has 0 radical (unpaired) electrons. The first-order valence-electron chi connectivity index (χ1n) is 5.61. The van der Waals surface area contributed by atoms with E-state index in [2.05, 4.69) is 4.90 Å². The first kappa shape index (κ1) is 10.9. The van der Waals surface area contributed by atoms with Gasteiger partial charge in [-0.2, -0.15) is 0 Å². The van der Waals surface area contributed by atoms with Gasteiger partial charge in [-0.15, -0.1) is 0 Å². The van der Waals surface area contributed by atoms with Gasteiger partial charge in [-0.1, -0.05) is 12.1 Å². The number of ketones is 1. The third-order valence-corrected chi connectivity index (χ3v) is 2.92. The van der Waals surface area contributed by atoms with Crippen LogP contribution in [0.25, 0.3) is 0 Å². The largest absolute Gasteiger partial charge is 0.371 e. The zero-order chi connectivity index (χ0) is 11.4. The molecule has 1 saturated heterocycles. The molecule has 84 valence electrons. The lowest BCUT2D eigenvalue weighted by atomic mass is 10.2. The van der Waals surface area contributed by atoms with E-state index < -0.39 is 0 Å². The summed E-state index contributed by atoms with van der Waals surface area (Å²) in [4.78, 5) is 24.2. The minimum atomic E-state index is 0.342. The average Bonchev–Trinajstić information content (AvgIpc) is 2.54. The Kier molecular flexibility index (Phi) is 3.34. The molecule has 0 bridgehead atoms. The summed E-state index contributed by atoms with van der Waals surface area (Å²) in [6.07, 6.45) is 3.06. The van der Waals surface area contributed by atoms with Crippen LogP contribution in [-0.2, 0) is 4.79 Å². The molecule has 16 heavy (non-hydrogen) atoms. The second-order valence-electron chi connectivity index (χ2n) is 4.09. The molecule has 0 amide bonds. The van der Waals surface area contributed by atoms with Crippen molar-refractivity contribution in [3.05, 3.63) is 29.8 Å². The highest BCUT2D eigenvalue weighted by Gasteiger charge is 2.14. The summed E-state index contributed by atoms with van der Waals surface area (Å²) < 4.78 is 0. The number of carbonyl (C=O) groups is 2. The maximum atomic E-state index is 11.3. The van der Waals surface area contributed by atoms with Crippen LogP contribution in [0, 0.1) is 0 Å². The highest BCUT2D eigenvalue weighted by Crippen LogP contribution is 2.19. The minimum Gasteiger partial charge on any atom is -0.371 e. The fourth-order valence-electron chi connectivity index (χ4n) is 2.02. The Morgan fingerprint density at radius 3 is 2.88 bits per heavy atom. The third kappa shape index (κ3) is 2.48. The molecule has 3 heteroatoms. The monoisotopic (exact) mass is 217 g/mol. The summed E-state index contributed by atoms with van der Waals surface area (Å²) in [6, 6.07) is 7.54. The van der Waals surface area contributed by atoms with Crippen LogP contribution in [0.15, 0.2) is 24.3 Å². The van der Waals surface area contributed by atoms with Gasteiger partial charge in [0.2, 0.25) is 0 Å². The molecule has 0 spiro atoms. The van der Waals surface area contributed by atoms with E-state index in [4.69, 9.17) is 0 Å². The quantitative estimate of drug-likeness (QED) is 0.711. The number of anilines is 1. The Bertz CT molecular complexity index is 401. The number of Topliss-reactive ketones (excluding diaryl/α,β-unsaturated/α-hetero) is 1. The molecule has 0 atom stereocenters. The minimum absolute atomic E-state index is 0.342. The second-order valence-corrected chi connectivity index (χ2v) is 4.09. The van der Waals surface area contributed by atoms with Gasteiger partial charge in [0.25, 0.3) is 0 Å². The molecular formula is C13H15NO2. The van der Waals surface area contributed by atoms with E-state index >= 15 is 0 Å². The predicted octanol–water partition coefficient (Wildman–Crippen LogP) is 2.06. The van der Waals surface area contributed by atoms with Gasteiger partial charge in [-0.25, -0.2) is 0 Å². The van der Waals surface area contributed by atoms with Gasteiger partial charge in [-0.05, 0) is 18.6 Å². The summed E-state index contributed by atoms with van der Waals surface area (Å²) in [7, 11) is 0. The Morgan fingerprint density at radius 2 is 2.06 bits per heavy atom. The van der Waals surface area contributed by atoms with Gasteiger partial charge in [0.05, 0.1) is 0 Å². The number of hydrogen-bond acceptors (Lipinski definition) is 3. The van der Waals surface area contributed by atoms with E-state index in [1.807, 2.05) is 18.2 Å². The molecular weight excluding hydrogens is 202 g/mol. The van der Waals surface area contributed by atoms with Crippen LogP contribution < -0.4 is 4.90 Å². The summed E-state index contributed by atoms with van der Waals surface area (Å²) >= 11 is 0. The molecule has 1 fully saturated rings. The van der Waals surface area contributed by atoms with Crippen LogP contribution in [0.4, 0.5) is 5.69 Å². The van der Waals surface area contributed by atoms with E-state index in [9.17, 15) is 9.59 Å². The van der Waals surface area contributed by atoms with Gasteiger partial charge < -0.3 is 4.90 Å². The van der Waals surface area contributed by atoms with Crippen molar-refractivity contribution in [2.24, 2.45) is 0 Å². The Labute approximate surface area is 95.1 Å². The lowest BCUT2D eigenvalue weighted by Crippen LogP contribution is -2.24. The molecule has 0 aliphatic carbocycles. The number of benzene rings is 1. The summed E-state index contributed by atoms with van der Waals surface area (Å²) in [6.45, 7) is 1.66. The van der Waals surface area contributed by atoms with Gasteiger partial charge in [-0.3, -0.25) is 9.59 Å². The van der Waals surface area contributed by atoms with Crippen LogP contribution in [-0.4, -0.2) is 25.2 Å². The molecule has 1 heterocycles. The van der Waals surface area contributed by atoms with Gasteiger partial charge >= 0.3 is 0 Å². The Morgan fingerprint density at radius 1 is 1.19 bits per heavy atom. The van der Waals surface area contributed by atoms with Crippen LogP contribution in [0.3, 0.4) is 0 Å². The zero-order valence-corrected chi connectivity index (χ0v) is 9.19.